The van der Waals surface area contributed by atoms with Crippen molar-refractivity contribution in [2.45, 2.75) is 46.5 Å². The fourth-order valence-electron chi connectivity index (χ4n) is 2.89. The minimum Gasteiger partial charge on any atom is -0.293 e. The highest BCUT2D eigenvalue weighted by Gasteiger charge is 2.33. The molecule has 2 rings (SSSR count). The molecule has 0 amide bonds. The molecule has 0 aliphatic heterocycles. The standard InChI is InChI=1S/C15H20Br2OS/c1-15(2,3)10-6-4-9(5-7-10)13(18)12-8-11(16)14(17)19-12/h8-10H,4-7H2,1-3H3. The third-order valence-corrected chi connectivity index (χ3v) is 7.48. The number of thiophene rings is 1. The number of hydrogen-bond donors (Lipinski definition) is 0. The lowest BCUT2D eigenvalue weighted by Crippen LogP contribution is -2.28. The summed E-state index contributed by atoms with van der Waals surface area (Å²) >= 11 is 8.46. The van der Waals surface area contributed by atoms with E-state index >= 15 is 0 Å². The number of halogens is 2. The van der Waals surface area contributed by atoms with Gasteiger partial charge in [0.2, 0.25) is 0 Å². The van der Waals surface area contributed by atoms with Crippen molar-refractivity contribution in [1.29, 1.82) is 0 Å². The van der Waals surface area contributed by atoms with E-state index in [-0.39, 0.29) is 5.92 Å². The first kappa shape index (κ1) is 15.7. The summed E-state index contributed by atoms with van der Waals surface area (Å²) in [7, 11) is 0. The van der Waals surface area contributed by atoms with E-state index in [1.165, 1.54) is 12.8 Å². The molecule has 0 spiro atoms. The second-order valence-electron chi connectivity index (χ2n) is 6.51. The molecule has 0 radical (unpaired) electrons. The summed E-state index contributed by atoms with van der Waals surface area (Å²) in [4.78, 5) is 13.4. The molecule has 1 aromatic heterocycles. The highest BCUT2D eigenvalue weighted by molar-refractivity contribution is 9.13. The van der Waals surface area contributed by atoms with Gasteiger partial charge in [0.15, 0.2) is 5.78 Å². The van der Waals surface area contributed by atoms with E-state index in [0.29, 0.717) is 11.2 Å². The van der Waals surface area contributed by atoms with Crippen LogP contribution in [-0.2, 0) is 0 Å². The van der Waals surface area contributed by atoms with E-state index < -0.39 is 0 Å². The third-order valence-electron chi connectivity index (χ3n) is 4.21. The van der Waals surface area contributed by atoms with Crippen LogP contribution in [0.5, 0.6) is 0 Å². The Kier molecular flexibility index (Phi) is 4.95. The normalized spacial score (nSPS) is 24.5. The molecule has 0 saturated heterocycles. The first-order chi connectivity index (χ1) is 8.79. The zero-order chi connectivity index (χ0) is 14.2. The number of ketones is 1. The lowest BCUT2D eigenvalue weighted by Gasteiger charge is -2.36. The highest BCUT2D eigenvalue weighted by atomic mass is 79.9. The van der Waals surface area contributed by atoms with Gasteiger partial charge < -0.3 is 0 Å². The van der Waals surface area contributed by atoms with E-state index in [2.05, 4.69) is 52.6 Å². The Balaban J connectivity index is 2.00. The van der Waals surface area contributed by atoms with Gasteiger partial charge in [0.05, 0.1) is 8.66 Å². The Hall–Kier alpha value is 0.330. The molecule has 0 bridgehead atoms. The molecule has 1 aromatic rings. The van der Waals surface area contributed by atoms with Crippen LogP contribution in [-0.4, -0.2) is 5.78 Å². The van der Waals surface area contributed by atoms with Gasteiger partial charge in [-0.15, -0.1) is 11.3 Å². The van der Waals surface area contributed by atoms with Crippen LogP contribution in [0.15, 0.2) is 14.3 Å². The van der Waals surface area contributed by atoms with Crippen LogP contribution >= 0.6 is 43.2 Å². The molecule has 19 heavy (non-hydrogen) atoms. The molecule has 1 nitrogen and oxygen atoms in total. The van der Waals surface area contributed by atoms with E-state index in [0.717, 1.165) is 31.9 Å². The summed E-state index contributed by atoms with van der Waals surface area (Å²) in [6.07, 6.45) is 4.48. The first-order valence-electron chi connectivity index (χ1n) is 6.78. The number of carbonyl (C=O) groups excluding carboxylic acids is 1. The molecule has 106 valence electrons. The molecule has 4 heteroatoms. The van der Waals surface area contributed by atoms with Gasteiger partial charge in [0.1, 0.15) is 0 Å². The smallest absolute Gasteiger partial charge is 0.175 e. The molecule has 0 N–H and O–H groups in total. The SMILES string of the molecule is CC(C)(C)C1CCC(C(=O)c2cc(Br)c(Br)s2)CC1. The second-order valence-corrected chi connectivity index (χ2v) is 9.74. The minimum atomic E-state index is 0.232. The van der Waals surface area contributed by atoms with Crippen molar-refractivity contribution in [2.75, 3.05) is 0 Å². The van der Waals surface area contributed by atoms with Crippen molar-refractivity contribution < 1.29 is 4.79 Å². The van der Waals surface area contributed by atoms with E-state index in [9.17, 15) is 4.79 Å². The number of hydrogen-bond acceptors (Lipinski definition) is 2. The Morgan fingerprint density at radius 3 is 2.21 bits per heavy atom. The summed E-state index contributed by atoms with van der Waals surface area (Å²) in [5, 5.41) is 0. The van der Waals surface area contributed by atoms with Crippen LogP contribution < -0.4 is 0 Å². The van der Waals surface area contributed by atoms with Crippen LogP contribution in [0.2, 0.25) is 0 Å². The Morgan fingerprint density at radius 1 is 1.21 bits per heavy atom. The third kappa shape index (κ3) is 3.70. The van der Waals surface area contributed by atoms with Crippen molar-refractivity contribution in [2.24, 2.45) is 17.3 Å². The van der Waals surface area contributed by atoms with Gasteiger partial charge in [-0.05, 0) is 74.9 Å². The predicted octanol–water partition coefficient (Wildman–Crippen LogP) is 6.31. The van der Waals surface area contributed by atoms with Crippen LogP contribution in [0.3, 0.4) is 0 Å². The van der Waals surface area contributed by atoms with Crippen LogP contribution in [0, 0.1) is 17.3 Å². The second kappa shape index (κ2) is 5.98. The largest absolute Gasteiger partial charge is 0.293 e. The minimum absolute atomic E-state index is 0.232. The fourth-order valence-corrected chi connectivity index (χ4v) is 4.95. The number of carbonyl (C=O) groups is 1. The first-order valence-corrected chi connectivity index (χ1v) is 9.18. The topological polar surface area (TPSA) is 17.1 Å². The molecule has 1 fully saturated rings. The van der Waals surface area contributed by atoms with Gasteiger partial charge in [-0.1, -0.05) is 20.8 Å². The number of Topliss-reactive ketones (excluding diaryl/α,β-unsaturated/α-hetero) is 1. The predicted molar refractivity (Wildman–Crippen MR) is 89.0 cm³/mol. The maximum Gasteiger partial charge on any atom is 0.175 e. The maximum atomic E-state index is 12.5. The van der Waals surface area contributed by atoms with Crippen molar-refractivity contribution >= 4 is 49.0 Å². The molecule has 1 aliphatic rings. The Labute approximate surface area is 136 Å². The van der Waals surface area contributed by atoms with E-state index in [1.54, 1.807) is 11.3 Å². The molecule has 0 aromatic carbocycles. The van der Waals surface area contributed by atoms with Crippen molar-refractivity contribution in [3.8, 4) is 0 Å². The van der Waals surface area contributed by atoms with E-state index in [1.807, 2.05) is 6.07 Å². The summed E-state index contributed by atoms with van der Waals surface area (Å²) in [5.41, 5.74) is 0.378. The van der Waals surface area contributed by atoms with Gasteiger partial charge in [-0.25, -0.2) is 0 Å². The molecule has 1 saturated carbocycles. The van der Waals surface area contributed by atoms with Crippen LogP contribution in [0.4, 0.5) is 0 Å². The van der Waals surface area contributed by atoms with Gasteiger partial charge in [0.25, 0.3) is 0 Å². The maximum absolute atomic E-state index is 12.5. The lowest BCUT2D eigenvalue weighted by atomic mass is 9.69. The Bertz CT molecular complexity index is 445. The zero-order valence-electron chi connectivity index (χ0n) is 11.6. The van der Waals surface area contributed by atoms with Crippen molar-refractivity contribution in [3.05, 3.63) is 19.2 Å². The lowest BCUT2D eigenvalue weighted by molar-refractivity contribution is 0.0823. The van der Waals surface area contributed by atoms with Gasteiger partial charge >= 0.3 is 0 Å². The molecule has 1 aliphatic carbocycles. The average molecular weight is 408 g/mol. The van der Waals surface area contributed by atoms with Crippen molar-refractivity contribution in [3.63, 3.8) is 0 Å². The molecular formula is C15H20Br2OS. The zero-order valence-corrected chi connectivity index (χ0v) is 15.6. The highest BCUT2D eigenvalue weighted by Crippen LogP contribution is 2.42. The summed E-state index contributed by atoms with van der Waals surface area (Å²) < 4.78 is 2.00. The van der Waals surface area contributed by atoms with Gasteiger partial charge in [-0.2, -0.15) is 0 Å². The monoisotopic (exact) mass is 406 g/mol. The molecule has 0 unspecified atom stereocenters. The number of rotatable bonds is 2. The summed E-state index contributed by atoms with van der Waals surface area (Å²) in [6, 6.07) is 1.95. The van der Waals surface area contributed by atoms with Gasteiger partial charge in [-0.3, -0.25) is 4.79 Å². The van der Waals surface area contributed by atoms with E-state index in [4.69, 9.17) is 0 Å². The average Bonchev–Trinajstić information content (AvgIpc) is 2.68. The van der Waals surface area contributed by atoms with Gasteiger partial charge in [0, 0.05) is 10.4 Å². The van der Waals surface area contributed by atoms with Crippen LogP contribution in [0.1, 0.15) is 56.1 Å². The Morgan fingerprint density at radius 2 is 1.79 bits per heavy atom. The molecular weight excluding hydrogens is 388 g/mol. The molecule has 1 heterocycles. The van der Waals surface area contributed by atoms with Crippen LogP contribution in [0.25, 0.3) is 0 Å². The molecule has 0 atom stereocenters. The quantitative estimate of drug-likeness (QED) is 0.525. The fraction of sp³-hybridized carbons (Fsp3) is 0.667. The van der Waals surface area contributed by atoms with Crippen molar-refractivity contribution in [1.82, 2.24) is 0 Å². The summed E-state index contributed by atoms with van der Waals surface area (Å²) in [5.74, 6) is 1.33. The summed E-state index contributed by atoms with van der Waals surface area (Å²) in [6.45, 7) is 6.94.